The second kappa shape index (κ2) is 8.55. The summed E-state index contributed by atoms with van der Waals surface area (Å²) in [7, 11) is -4.17. The molecule has 3 rings (SSSR count). The van der Waals surface area contributed by atoms with E-state index < -0.39 is 28.3 Å². The van der Waals surface area contributed by atoms with E-state index in [4.69, 9.17) is 5.73 Å². The van der Waals surface area contributed by atoms with E-state index in [-0.39, 0.29) is 22.7 Å². The highest BCUT2D eigenvalue weighted by Gasteiger charge is 2.43. The van der Waals surface area contributed by atoms with Crippen molar-refractivity contribution in [3.05, 3.63) is 71.4 Å². The number of carbonyl (C=O) groups excluding carboxylic acids is 2. The number of nitrogens with zero attached hydrogens (tertiary/aromatic N) is 2. The number of hydrogen-bond donors (Lipinski definition) is 1. The maximum atomic E-state index is 13.7. The van der Waals surface area contributed by atoms with Crippen LogP contribution >= 0.6 is 0 Å². The molecular weight excluding hydrogens is 414 g/mol. The molecule has 0 unspecified atom stereocenters. The molecule has 1 amide bonds. The highest BCUT2D eigenvalue weighted by molar-refractivity contribution is 7.89. The number of rotatable bonds is 7. The topological polar surface area (TPSA) is 101 Å². The van der Waals surface area contributed by atoms with E-state index in [0.29, 0.717) is 16.8 Å². The molecule has 0 radical (unpaired) electrons. The fourth-order valence-electron chi connectivity index (χ4n) is 4.00. The quantitative estimate of drug-likeness (QED) is 0.666. The van der Waals surface area contributed by atoms with Crippen molar-refractivity contribution in [1.82, 2.24) is 9.21 Å². The van der Waals surface area contributed by atoms with E-state index in [9.17, 15) is 18.0 Å². The number of Topliss-reactive ketones (excluding diaryl/α,β-unsaturated/α-hetero) is 1. The van der Waals surface area contributed by atoms with Crippen molar-refractivity contribution in [3.8, 4) is 0 Å². The molecule has 0 atom stereocenters. The monoisotopic (exact) mass is 441 g/mol. The lowest BCUT2D eigenvalue weighted by molar-refractivity contribution is -0.117. The van der Waals surface area contributed by atoms with E-state index in [0.717, 1.165) is 4.31 Å². The molecule has 0 aliphatic carbocycles. The minimum atomic E-state index is -4.17. The van der Waals surface area contributed by atoms with Crippen LogP contribution in [0.4, 0.5) is 0 Å². The molecule has 164 valence electrons. The molecule has 0 spiro atoms. The van der Waals surface area contributed by atoms with Crippen LogP contribution in [0.2, 0.25) is 0 Å². The van der Waals surface area contributed by atoms with Crippen molar-refractivity contribution >= 4 is 27.4 Å². The normalized spacial score (nSPS) is 15.2. The van der Waals surface area contributed by atoms with Crippen molar-refractivity contribution in [2.45, 2.75) is 44.7 Å². The predicted molar refractivity (Wildman–Crippen MR) is 119 cm³/mol. The summed E-state index contributed by atoms with van der Waals surface area (Å²) in [6.45, 7) is 7.27. The number of amides is 1. The first kappa shape index (κ1) is 22.6. The van der Waals surface area contributed by atoms with Crippen LogP contribution in [-0.2, 0) is 14.8 Å². The van der Waals surface area contributed by atoms with Gasteiger partial charge in [-0.3, -0.25) is 13.9 Å². The molecule has 0 aromatic heterocycles. The molecule has 2 N–H and O–H groups in total. The molecule has 0 fully saturated rings. The maximum absolute atomic E-state index is 13.7. The summed E-state index contributed by atoms with van der Waals surface area (Å²) < 4.78 is 27.9. The first-order chi connectivity index (χ1) is 14.6. The predicted octanol–water partition coefficient (Wildman–Crippen LogP) is 2.85. The summed E-state index contributed by atoms with van der Waals surface area (Å²) in [6, 6.07) is 14.9. The van der Waals surface area contributed by atoms with Gasteiger partial charge in [-0.1, -0.05) is 48.5 Å². The van der Waals surface area contributed by atoms with E-state index in [1.54, 1.807) is 48.5 Å². The molecule has 1 heterocycles. The third-order valence-corrected chi connectivity index (χ3v) is 6.91. The molecule has 0 saturated carbocycles. The van der Waals surface area contributed by atoms with Crippen molar-refractivity contribution in [2.75, 3.05) is 6.54 Å². The molecule has 1 aliphatic rings. The largest absolute Gasteiger partial charge is 0.368 e. The fourth-order valence-corrected chi connectivity index (χ4v) is 5.64. The van der Waals surface area contributed by atoms with E-state index in [1.165, 1.54) is 6.07 Å². The van der Waals surface area contributed by atoms with Crippen LogP contribution in [0.1, 0.15) is 43.6 Å². The number of sulfonamides is 1. The van der Waals surface area contributed by atoms with Gasteiger partial charge in [-0.2, -0.15) is 0 Å². The lowest BCUT2D eigenvalue weighted by Crippen LogP contribution is -2.47. The number of fused-ring (bicyclic) bond motifs is 1. The zero-order chi connectivity index (χ0) is 22.9. The lowest BCUT2D eigenvalue weighted by Gasteiger charge is -2.41. The lowest BCUT2D eigenvalue weighted by atomic mass is 9.99. The zero-order valence-electron chi connectivity index (χ0n) is 18.1. The Morgan fingerprint density at radius 1 is 0.935 bits per heavy atom. The third-order valence-electron chi connectivity index (χ3n) is 5.11. The Labute approximate surface area is 183 Å². The van der Waals surface area contributed by atoms with Gasteiger partial charge in [0.1, 0.15) is 12.2 Å². The highest BCUT2D eigenvalue weighted by atomic mass is 32.2. The van der Waals surface area contributed by atoms with Crippen molar-refractivity contribution in [3.63, 3.8) is 0 Å². The van der Waals surface area contributed by atoms with Crippen LogP contribution in [0.3, 0.4) is 0 Å². The molecule has 7 nitrogen and oxygen atoms in total. The Morgan fingerprint density at radius 3 is 2.03 bits per heavy atom. The SMILES string of the molecule is CC(C)N(C1=C(C(=O)c2ccccc2)N(CC(N)=O)S(=O)(=O)c2ccccc21)C(C)C. The Hall–Kier alpha value is -3.13. The van der Waals surface area contributed by atoms with Gasteiger partial charge in [-0.05, 0) is 33.8 Å². The summed E-state index contributed by atoms with van der Waals surface area (Å²) in [4.78, 5) is 27.6. The molecule has 0 saturated heterocycles. The average molecular weight is 442 g/mol. The number of allylic oxidation sites excluding steroid dienone is 1. The molecule has 2 aromatic rings. The fraction of sp³-hybridized carbons (Fsp3) is 0.304. The number of benzene rings is 2. The average Bonchev–Trinajstić information content (AvgIpc) is 2.71. The van der Waals surface area contributed by atoms with Crippen LogP contribution in [-0.4, -0.2) is 47.9 Å². The number of nitrogens with two attached hydrogens (primary N) is 1. The van der Waals surface area contributed by atoms with Gasteiger partial charge in [0.25, 0.3) is 10.0 Å². The second-order valence-electron chi connectivity index (χ2n) is 7.96. The summed E-state index contributed by atoms with van der Waals surface area (Å²) in [6.07, 6.45) is 0. The van der Waals surface area contributed by atoms with Crippen LogP contribution in [0.5, 0.6) is 0 Å². The highest BCUT2D eigenvalue weighted by Crippen LogP contribution is 2.41. The van der Waals surface area contributed by atoms with Gasteiger partial charge >= 0.3 is 0 Å². The van der Waals surface area contributed by atoms with Gasteiger partial charge in [0.2, 0.25) is 11.7 Å². The van der Waals surface area contributed by atoms with Crippen molar-refractivity contribution in [2.24, 2.45) is 5.73 Å². The van der Waals surface area contributed by atoms with Gasteiger partial charge in [0.15, 0.2) is 0 Å². The Balaban J connectivity index is 2.46. The van der Waals surface area contributed by atoms with E-state index >= 15 is 0 Å². The Kier molecular flexibility index (Phi) is 6.22. The summed E-state index contributed by atoms with van der Waals surface area (Å²) in [5.74, 6) is -1.33. The molecule has 1 aliphatic heterocycles. The molecule has 8 heteroatoms. The number of hydrogen-bond acceptors (Lipinski definition) is 5. The van der Waals surface area contributed by atoms with Gasteiger partial charge < -0.3 is 10.6 Å². The molecule has 31 heavy (non-hydrogen) atoms. The standard InChI is InChI=1S/C23H27N3O4S/c1-15(2)26(16(3)4)21-18-12-8-9-13-19(18)31(29,30)25(14-20(24)27)22(21)23(28)17-10-6-5-7-11-17/h5-13,15-16H,14H2,1-4H3,(H2,24,27). The minimum Gasteiger partial charge on any atom is -0.368 e. The smallest absolute Gasteiger partial charge is 0.265 e. The minimum absolute atomic E-state index is 0.0436. The van der Waals surface area contributed by atoms with Gasteiger partial charge in [0, 0.05) is 23.2 Å². The second-order valence-corrected chi connectivity index (χ2v) is 9.79. The van der Waals surface area contributed by atoms with Crippen LogP contribution in [0.15, 0.2) is 65.2 Å². The molecular formula is C23H27N3O4S. The summed E-state index contributed by atoms with van der Waals surface area (Å²) >= 11 is 0. The van der Waals surface area contributed by atoms with Gasteiger partial charge in [-0.15, -0.1) is 0 Å². The van der Waals surface area contributed by atoms with Crippen molar-refractivity contribution in [1.29, 1.82) is 0 Å². The number of carbonyl (C=O) groups is 2. The molecule has 0 bridgehead atoms. The Bertz CT molecular complexity index is 1130. The van der Waals surface area contributed by atoms with Crippen LogP contribution < -0.4 is 5.73 Å². The first-order valence-corrected chi connectivity index (χ1v) is 11.5. The molecule has 2 aromatic carbocycles. The number of primary amides is 1. The Morgan fingerprint density at radius 2 is 1.48 bits per heavy atom. The summed E-state index contributed by atoms with van der Waals surface area (Å²) in [5, 5.41) is 0. The third kappa shape index (κ3) is 4.07. The number of ketones is 1. The summed E-state index contributed by atoms with van der Waals surface area (Å²) in [5.41, 5.74) is 6.59. The van der Waals surface area contributed by atoms with E-state index in [1.807, 2.05) is 32.6 Å². The maximum Gasteiger partial charge on any atom is 0.265 e. The van der Waals surface area contributed by atoms with E-state index in [2.05, 4.69) is 0 Å². The van der Waals surface area contributed by atoms with Crippen LogP contribution in [0.25, 0.3) is 5.70 Å². The van der Waals surface area contributed by atoms with Crippen molar-refractivity contribution < 1.29 is 18.0 Å². The zero-order valence-corrected chi connectivity index (χ0v) is 18.9. The first-order valence-electron chi connectivity index (χ1n) is 10.1. The van der Waals surface area contributed by atoms with Crippen LogP contribution in [0, 0.1) is 0 Å². The van der Waals surface area contributed by atoms with Gasteiger partial charge in [-0.25, -0.2) is 8.42 Å². The van der Waals surface area contributed by atoms with Gasteiger partial charge in [0.05, 0.1) is 10.6 Å².